The summed E-state index contributed by atoms with van der Waals surface area (Å²) in [6.07, 6.45) is 1.64. The lowest BCUT2D eigenvalue weighted by atomic mass is 9.67. The Hall–Kier alpha value is -8.28. The van der Waals surface area contributed by atoms with Gasteiger partial charge < -0.3 is 24.8 Å². The normalized spacial score (nSPS) is 13.7. The van der Waals surface area contributed by atoms with Gasteiger partial charge in [-0.3, -0.25) is 0 Å². The van der Waals surface area contributed by atoms with Gasteiger partial charge in [0, 0.05) is 11.6 Å². The van der Waals surface area contributed by atoms with Gasteiger partial charge in [-0.05, 0) is 150 Å². The van der Waals surface area contributed by atoms with Gasteiger partial charge in [0.2, 0.25) is 0 Å². The van der Waals surface area contributed by atoms with Crippen molar-refractivity contribution in [1.82, 2.24) is 0 Å². The maximum atomic E-state index is 11.5. The molecule has 0 fully saturated rings. The first kappa shape index (κ1) is 40.2. The van der Waals surface area contributed by atoms with Gasteiger partial charge in [-0.25, -0.2) is 0 Å². The van der Waals surface area contributed by atoms with Gasteiger partial charge in [0.1, 0.15) is 28.7 Å². The molecule has 10 aromatic rings. The lowest BCUT2D eigenvalue weighted by molar-refractivity contribution is 0.267. The summed E-state index contributed by atoms with van der Waals surface area (Å²) in [5.41, 5.74) is 11.9. The molecule has 12 rings (SSSR count). The minimum absolute atomic E-state index is 0.0184. The Morgan fingerprint density at radius 2 is 0.716 bits per heavy atom. The highest BCUT2D eigenvalue weighted by Gasteiger charge is 2.48. The molecule has 5 heteroatoms. The quantitative estimate of drug-likeness (QED) is 0.113. The summed E-state index contributed by atoms with van der Waals surface area (Å²) in [5.74, 6) is 1.93. The van der Waals surface area contributed by atoms with Crippen LogP contribution in [-0.2, 0) is 10.8 Å². The lowest BCUT2D eigenvalue weighted by Gasteiger charge is -2.34. The summed E-state index contributed by atoms with van der Waals surface area (Å²) in [7, 11) is 0. The van der Waals surface area contributed by atoms with E-state index in [0.717, 1.165) is 84.8 Å². The summed E-state index contributed by atoms with van der Waals surface area (Å²) in [6.45, 7) is 1.10. The molecule has 67 heavy (non-hydrogen) atoms. The summed E-state index contributed by atoms with van der Waals surface area (Å²) >= 11 is 0. The van der Waals surface area contributed by atoms with Crippen LogP contribution in [0, 0.1) is 0 Å². The minimum Gasteiger partial charge on any atom is -0.508 e. The van der Waals surface area contributed by atoms with Crippen molar-refractivity contribution < 1.29 is 24.8 Å². The number of rotatable bonds is 11. The number of fused-ring (bicyclic) bond motifs is 8. The number of hydrogen-bond acceptors (Lipinski definition) is 5. The van der Waals surface area contributed by atoms with Crippen LogP contribution in [0.15, 0.2) is 212 Å². The van der Waals surface area contributed by atoms with E-state index in [1.54, 1.807) is 18.2 Å². The third kappa shape index (κ3) is 6.37. The molecule has 0 aromatic heterocycles. The topological polar surface area (TPSA) is 79.2 Å². The fraction of sp³-hybridized carbons (Fsp3) is 0.0968. The average Bonchev–Trinajstić information content (AvgIpc) is 3.83. The van der Waals surface area contributed by atoms with Crippen molar-refractivity contribution in [3.05, 3.63) is 257 Å². The summed E-state index contributed by atoms with van der Waals surface area (Å²) in [5, 5.41) is 36.5. The van der Waals surface area contributed by atoms with Crippen molar-refractivity contribution in [1.29, 1.82) is 0 Å². The van der Waals surface area contributed by atoms with Gasteiger partial charge in [-0.2, -0.15) is 0 Å². The molecule has 0 spiro atoms. The summed E-state index contributed by atoms with van der Waals surface area (Å²) in [4.78, 5) is 0. The van der Waals surface area contributed by atoms with Crippen LogP contribution in [0.4, 0.5) is 0 Å². The Morgan fingerprint density at radius 3 is 1.19 bits per heavy atom. The largest absolute Gasteiger partial charge is 0.508 e. The summed E-state index contributed by atoms with van der Waals surface area (Å²) < 4.78 is 12.8. The number of hydrogen-bond donors (Lipinski definition) is 3. The zero-order valence-electron chi connectivity index (χ0n) is 36.7. The molecule has 3 N–H and O–H groups in total. The number of aromatic hydroxyl groups is 3. The van der Waals surface area contributed by atoms with Crippen molar-refractivity contribution in [3.63, 3.8) is 0 Å². The van der Waals surface area contributed by atoms with Crippen molar-refractivity contribution in [3.8, 4) is 51.0 Å². The van der Waals surface area contributed by atoms with Crippen LogP contribution in [0.5, 0.6) is 28.7 Å². The first-order valence-corrected chi connectivity index (χ1v) is 23.0. The zero-order chi connectivity index (χ0) is 45.1. The second kappa shape index (κ2) is 16.0. The minimum atomic E-state index is -0.812. The number of benzene rings is 10. The van der Waals surface area contributed by atoms with E-state index in [4.69, 9.17) is 9.47 Å². The Bertz CT molecular complexity index is 3440. The fourth-order valence-corrected chi connectivity index (χ4v) is 11.2. The molecule has 324 valence electrons. The highest BCUT2D eigenvalue weighted by Crippen LogP contribution is 2.59. The number of phenolic OH excluding ortho intramolecular Hbond substituents is 3. The Kier molecular flexibility index (Phi) is 9.61. The molecule has 0 aliphatic heterocycles. The molecule has 0 unspecified atom stereocenters. The van der Waals surface area contributed by atoms with E-state index in [0.29, 0.717) is 18.8 Å². The number of unbranched alkanes of at least 4 members (excludes halogenated alkanes) is 1. The lowest BCUT2D eigenvalue weighted by Crippen LogP contribution is -2.28. The second-order valence-electron chi connectivity index (χ2n) is 17.8. The van der Waals surface area contributed by atoms with Crippen molar-refractivity contribution in [2.75, 3.05) is 13.2 Å². The van der Waals surface area contributed by atoms with Crippen LogP contribution in [0.1, 0.15) is 57.3 Å². The van der Waals surface area contributed by atoms with Gasteiger partial charge in [0.25, 0.3) is 0 Å². The van der Waals surface area contributed by atoms with Gasteiger partial charge in [-0.1, -0.05) is 152 Å². The smallest absolute Gasteiger partial charge is 0.124 e. The number of phenols is 3. The van der Waals surface area contributed by atoms with E-state index in [1.165, 1.54) is 28.3 Å². The second-order valence-corrected chi connectivity index (χ2v) is 17.8. The van der Waals surface area contributed by atoms with Crippen molar-refractivity contribution in [2.45, 2.75) is 23.7 Å². The van der Waals surface area contributed by atoms with Crippen LogP contribution < -0.4 is 9.47 Å². The fourth-order valence-electron chi connectivity index (χ4n) is 11.2. The Balaban J connectivity index is 0.774. The van der Waals surface area contributed by atoms with Gasteiger partial charge in [0.15, 0.2) is 0 Å². The Labute approximate surface area is 389 Å². The predicted molar refractivity (Wildman–Crippen MR) is 268 cm³/mol. The van der Waals surface area contributed by atoms with Crippen LogP contribution in [0.3, 0.4) is 0 Å². The molecule has 5 nitrogen and oxygen atoms in total. The van der Waals surface area contributed by atoms with E-state index in [9.17, 15) is 15.3 Å². The predicted octanol–water partition coefficient (Wildman–Crippen LogP) is 14.1. The molecule has 0 saturated heterocycles. The molecular weight excluding hydrogens is 825 g/mol. The number of ether oxygens (including phenoxy) is 2. The maximum Gasteiger partial charge on any atom is 0.124 e. The monoisotopic (exact) mass is 870 g/mol. The molecule has 0 heterocycles. The van der Waals surface area contributed by atoms with E-state index in [2.05, 4.69) is 170 Å². The maximum absolute atomic E-state index is 11.5. The highest BCUT2D eigenvalue weighted by molar-refractivity contribution is 5.92. The molecule has 2 aliphatic carbocycles. The summed E-state index contributed by atoms with van der Waals surface area (Å²) in [6, 6.07) is 72.6. The van der Waals surface area contributed by atoms with Crippen LogP contribution in [-0.4, -0.2) is 28.5 Å². The molecule has 0 amide bonds. The molecule has 0 bridgehead atoms. The molecular formula is C62H46O5. The first-order valence-electron chi connectivity index (χ1n) is 23.0. The van der Waals surface area contributed by atoms with E-state index < -0.39 is 10.8 Å². The molecule has 0 saturated carbocycles. The van der Waals surface area contributed by atoms with E-state index >= 15 is 0 Å². The van der Waals surface area contributed by atoms with Crippen molar-refractivity contribution in [2.24, 2.45) is 0 Å². The third-order valence-corrected chi connectivity index (χ3v) is 14.2. The van der Waals surface area contributed by atoms with Crippen LogP contribution in [0.2, 0.25) is 0 Å². The molecule has 2 aliphatic rings. The van der Waals surface area contributed by atoms with Gasteiger partial charge >= 0.3 is 0 Å². The van der Waals surface area contributed by atoms with E-state index in [-0.39, 0.29) is 17.2 Å². The zero-order valence-corrected chi connectivity index (χ0v) is 36.7. The molecule has 0 radical (unpaired) electrons. The molecule has 10 aromatic carbocycles. The van der Waals surface area contributed by atoms with Gasteiger partial charge in [-0.15, -0.1) is 0 Å². The third-order valence-electron chi connectivity index (χ3n) is 14.2. The van der Waals surface area contributed by atoms with E-state index in [1.807, 2.05) is 18.2 Å². The molecule has 0 atom stereocenters. The standard InChI is InChI=1S/C62H46O5/c63-47-27-25-44(26-28-47)61(55-15-5-1-11-51(55)52-12-2-6-16-56(52)61)45-23-19-40-21-30-49(37-42(40)35-45)66-33-9-10-34-67-50-31-22-41-20-24-46(36-43(41)38-50)62(59-32-29-48(64)39-60(59)65)57-17-7-3-13-53(57)54-14-4-8-18-58(54)62/h1-8,11-32,35-39,63-65H,9-10,33-34H2. The first-order chi connectivity index (χ1) is 32.9. The highest BCUT2D eigenvalue weighted by atomic mass is 16.5. The van der Waals surface area contributed by atoms with Crippen LogP contribution >= 0.6 is 0 Å². The average molecular weight is 871 g/mol. The SMILES string of the molecule is Oc1ccc(C2(c3ccc4ccc(OCCCCOc5ccc6ccc(C7(c8ccc(O)cc8O)c8ccccc8-c8ccccc87)cc6c5)cc4c3)c3ccccc3-c3ccccc32)cc1. The van der Waals surface area contributed by atoms with Crippen LogP contribution in [0.25, 0.3) is 43.8 Å². The van der Waals surface area contributed by atoms with Crippen molar-refractivity contribution >= 4 is 21.5 Å². The Morgan fingerprint density at radius 1 is 0.313 bits per heavy atom. The van der Waals surface area contributed by atoms with Gasteiger partial charge in [0.05, 0.1) is 24.0 Å².